The lowest BCUT2D eigenvalue weighted by Crippen LogP contribution is -2.27. The predicted octanol–water partition coefficient (Wildman–Crippen LogP) is 2.81. The van der Waals surface area contributed by atoms with Gasteiger partial charge in [0.1, 0.15) is 0 Å². The molecule has 3 amide bonds. The van der Waals surface area contributed by atoms with Gasteiger partial charge in [0.15, 0.2) is 0 Å². The van der Waals surface area contributed by atoms with E-state index in [0.717, 1.165) is 24.1 Å². The third kappa shape index (κ3) is 6.63. The number of urea groups is 1. The first-order valence-electron chi connectivity index (χ1n) is 8.28. The van der Waals surface area contributed by atoms with Crippen LogP contribution < -0.4 is 10.6 Å². The summed E-state index contributed by atoms with van der Waals surface area (Å²) in [7, 11) is 3.37. The quantitative estimate of drug-likeness (QED) is 0.814. The van der Waals surface area contributed by atoms with Crippen molar-refractivity contribution in [2.45, 2.75) is 25.8 Å². The van der Waals surface area contributed by atoms with Gasteiger partial charge in [-0.15, -0.1) is 0 Å². The highest BCUT2D eigenvalue weighted by Crippen LogP contribution is 2.11. The Kier molecular flexibility index (Phi) is 6.95. The van der Waals surface area contributed by atoms with Crippen molar-refractivity contribution in [3.63, 3.8) is 0 Å². The van der Waals surface area contributed by atoms with E-state index in [-0.39, 0.29) is 11.9 Å². The molecule has 2 rings (SSSR count). The van der Waals surface area contributed by atoms with E-state index in [1.54, 1.807) is 20.3 Å². The Morgan fingerprint density at radius 1 is 1.12 bits per heavy atom. The molecule has 6 heteroatoms. The van der Waals surface area contributed by atoms with Gasteiger partial charge in [-0.25, -0.2) is 4.79 Å². The highest BCUT2D eigenvalue weighted by atomic mass is 16.2. The Bertz CT molecular complexity index is 702. The van der Waals surface area contributed by atoms with Crippen molar-refractivity contribution >= 4 is 17.6 Å². The van der Waals surface area contributed by atoms with Gasteiger partial charge in [-0.05, 0) is 42.7 Å². The maximum Gasteiger partial charge on any atom is 0.321 e. The normalized spacial score (nSPS) is 10.2. The molecule has 6 nitrogen and oxygen atoms in total. The van der Waals surface area contributed by atoms with Crippen LogP contribution in [0.15, 0.2) is 48.7 Å². The Labute approximate surface area is 148 Å². The minimum Gasteiger partial charge on any atom is -0.352 e. The zero-order valence-corrected chi connectivity index (χ0v) is 14.7. The largest absolute Gasteiger partial charge is 0.352 e. The number of anilines is 1. The lowest BCUT2D eigenvalue weighted by molar-refractivity contribution is -0.121. The van der Waals surface area contributed by atoms with Crippen molar-refractivity contribution < 1.29 is 9.59 Å². The SMILES string of the molecule is CN(C)C(=O)Nc1cccc(CNC(=O)CCCc2ccccn2)c1. The van der Waals surface area contributed by atoms with Crippen LogP contribution in [0.25, 0.3) is 0 Å². The van der Waals surface area contributed by atoms with Crippen LogP contribution in [0.5, 0.6) is 0 Å². The Balaban J connectivity index is 1.74. The Morgan fingerprint density at radius 3 is 2.68 bits per heavy atom. The van der Waals surface area contributed by atoms with Crippen LogP contribution in [0.3, 0.4) is 0 Å². The van der Waals surface area contributed by atoms with Gasteiger partial charge in [-0.3, -0.25) is 9.78 Å². The third-order valence-corrected chi connectivity index (χ3v) is 3.64. The van der Waals surface area contributed by atoms with Gasteiger partial charge >= 0.3 is 6.03 Å². The number of nitrogens with one attached hydrogen (secondary N) is 2. The average molecular weight is 340 g/mol. The molecule has 0 saturated carbocycles. The fourth-order valence-corrected chi connectivity index (χ4v) is 2.26. The number of pyridine rings is 1. The van der Waals surface area contributed by atoms with Gasteiger partial charge in [0.05, 0.1) is 0 Å². The van der Waals surface area contributed by atoms with Crippen molar-refractivity contribution in [1.29, 1.82) is 0 Å². The van der Waals surface area contributed by atoms with E-state index in [2.05, 4.69) is 15.6 Å². The number of amides is 3. The van der Waals surface area contributed by atoms with Crippen molar-refractivity contribution in [3.05, 3.63) is 59.9 Å². The zero-order valence-electron chi connectivity index (χ0n) is 14.7. The van der Waals surface area contributed by atoms with Crippen LogP contribution >= 0.6 is 0 Å². The van der Waals surface area contributed by atoms with Gasteiger partial charge in [0, 0.05) is 44.6 Å². The molecule has 1 heterocycles. The van der Waals surface area contributed by atoms with Crippen LogP contribution in [-0.2, 0) is 17.8 Å². The van der Waals surface area contributed by atoms with Gasteiger partial charge in [-0.1, -0.05) is 18.2 Å². The lowest BCUT2D eigenvalue weighted by Gasteiger charge is -2.13. The molecule has 0 aliphatic heterocycles. The smallest absolute Gasteiger partial charge is 0.321 e. The first kappa shape index (κ1) is 18.4. The number of hydrogen-bond donors (Lipinski definition) is 2. The van der Waals surface area contributed by atoms with Crippen molar-refractivity contribution in [2.75, 3.05) is 19.4 Å². The summed E-state index contributed by atoms with van der Waals surface area (Å²) in [6.07, 6.45) is 3.78. The second-order valence-electron chi connectivity index (χ2n) is 5.98. The highest BCUT2D eigenvalue weighted by molar-refractivity contribution is 5.89. The molecule has 1 aromatic carbocycles. The Hall–Kier alpha value is -2.89. The van der Waals surface area contributed by atoms with E-state index in [9.17, 15) is 9.59 Å². The monoisotopic (exact) mass is 340 g/mol. The number of benzene rings is 1. The van der Waals surface area contributed by atoms with Gasteiger partial charge in [0.25, 0.3) is 0 Å². The number of carbonyl (C=O) groups excluding carboxylic acids is 2. The maximum atomic E-state index is 12.0. The van der Waals surface area contributed by atoms with E-state index in [1.807, 2.05) is 42.5 Å². The van der Waals surface area contributed by atoms with E-state index in [1.165, 1.54) is 4.90 Å². The average Bonchev–Trinajstić information content (AvgIpc) is 2.61. The van der Waals surface area contributed by atoms with Gasteiger partial charge in [0.2, 0.25) is 5.91 Å². The summed E-state index contributed by atoms with van der Waals surface area (Å²) in [4.78, 5) is 29.3. The van der Waals surface area contributed by atoms with E-state index >= 15 is 0 Å². The molecular weight excluding hydrogens is 316 g/mol. The summed E-state index contributed by atoms with van der Waals surface area (Å²) in [5.41, 5.74) is 2.65. The molecule has 0 bridgehead atoms. The lowest BCUT2D eigenvalue weighted by atomic mass is 10.1. The molecule has 0 radical (unpaired) electrons. The first-order chi connectivity index (χ1) is 12.0. The van der Waals surface area contributed by atoms with Gasteiger partial charge < -0.3 is 15.5 Å². The maximum absolute atomic E-state index is 12.0. The molecule has 0 spiro atoms. The number of aromatic nitrogens is 1. The van der Waals surface area contributed by atoms with Crippen LogP contribution in [0, 0.1) is 0 Å². The summed E-state index contributed by atoms with van der Waals surface area (Å²) >= 11 is 0. The van der Waals surface area contributed by atoms with Crippen LogP contribution in [0.1, 0.15) is 24.1 Å². The molecule has 0 saturated heterocycles. The van der Waals surface area contributed by atoms with Crippen molar-refractivity contribution in [2.24, 2.45) is 0 Å². The van der Waals surface area contributed by atoms with E-state index < -0.39 is 0 Å². The molecule has 25 heavy (non-hydrogen) atoms. The summed E-state index contributed by atoms with van der Waals surface area (Å²) in [5, 5.41) is 5.70. The van der Waals surface area contributed by atoms with E-state index in [4.69, 9.17) is 0 Å². The predicted molar refractivity (Wildman–Crippen MR) is 98.2 cm³/mol. The summed E-state index contributed by atoms with van der Waals surface area (Å²) in [5.74, 6) is 0.0126. The molecular formula is C19H24N4O2. The topological polar surface area (TPSA) is 74.3 Å². The van der Waals surface area contributed by atoms with Crippen LogP contribution in [-0.4, -0.2) is 35.9 Å². The molecule has 0 aliphatic carbocycles. The first-order valence-corrected chi connectivity index (χ1v) is 8.28. The minimum absolute atomic E-state index is 0.0126. The van der Waals surface area contributed by atoms with Crippen molar-refractivity contribution in [1.82, 2.24) is 15.2 Å². The third-order valence-electron chi connectivity index (χ3n) is 3.64. The molecule has 1 aromatic heterocycles. The van der Waals surface area contributed by atoms with Crippen LogP contribution in [0.4, 0.5) is 10.5 Å². The van der Waals surface area contributed by atoms with E-state index in [0.29, 0.717) is 18.7 Å². The number of aryl methyl sites for hydroxylation is 1. The molecule has 132 valence electrons. The fourth-order valence-electron chi connectivity index (χ4n) is 2.26. The number of rotatable bonds is 7. The number of hydrogen-bond acceptors (Lipinski definition) is 3. The molecule has 0 aliphatic rings. The van der Waals surface area contributed by atoms with Crippen LogP contribution in [0.2, 0.25) is 0 Å². The molecule has 2 aromatic rings. The molecule has 0 atom stereocenters. The minimum atomic E-state index is -0.185. The standard InChI is InChI=1S/C19H24N4O2/c1-23(2)19(25)22-17-10-5-7-15(13-17)14-21-18(24)11-6-9-16-8-3-4-12-20-16/h3-5,7-8,10,12-13H,6,9,11,14H2,1-2H3,(H,21,24)(H,22,25). The second kappa shape index (κ2) is 9.42. The summed E-state index contributed by atoms with van der Waals surface area (Å²) in [6, 6.07) is 13.1. The summed E-state index contributed by atoms with van der Waals surface area (Å²) < 4.78 is 0. The zero-order chi connectivity index (χ0) is 18.1. The summed E-state index contributed by atoms with van der Waals surface area (Å²) in [6.45, 7) is 0.439. The molecule has 0 fully saturated rings. The Morgan fingerprint density at radius 2 is 1.96 bits per heavy atom. The molecule has 0 unspecified atom stereocenters. The fraction of sp³-hybridized carbons (Fsp3) is 0.316. The highest BCUT2D eigenvalue weighted by Gasteiger charge is 2.06. The second-order valence-corrected chi connectivity index (χ2v) is 5.98. The van der Waals surface area contributed by atoms with Crippen molar-refractivity contribution in [3.8, 4) is 0 Å². The molecule has 2 N–H and O–H groups in total. The number of carbonyl (C=O) groups is 2. The van der Waals surface area contributed by atoms with Gasteiger partial charge in [-0.2, -0.15) is 0 Å². The number of nitrogens with zero attached hydrogens (tertiary/aromatic N) is 2.